The van der Waals surface area contributed by atoms with E-state index in [2.05, 4.69) is 21.3 Å². The molecule has 0 spiro atoms. The van der Waals surface area contributed by atoms with Gasteiger partial charge in [-0.05, 0) is 57.2 Å². The van der Waals surface area contributed by atoms with E-state index in [9.17, 15) is 24.0 Å². The third-order valence-electron chi connectivity index (χ3n) is 7.26. The van der Waals surface area contributed by atoms with Crippen molar-refractivity contribution in [3.8, 4) is 0 Å². The summed E-state index contributed by atoms with van der Waals surface area (Å²) in [4.78, 5) is 61.1. The Balaban J connectivity index is 1.15. The molecule has 0 bridgehead atoms. The topological polar surface area (TPSA) is 146 Å². The van der Waals surface area contributed by atoms with Crippen LogP contribution in [0.15, 0.2) is 18.2 Å². The van der Waals surface area contributed by atoms with Crippen molar-refractivity contribution in [1.29, 1.82) is 0 Å². The standard InChI is InChI=1S/C26H35N5O6/c32-16-28-18-7-5-17(6-8-18)27-12-2-13-37-14-11-24(34)29-21-4-1-3-19-20(21)15-31(26(19)36)22-9-10-23(33)30-25(22)35/h1,3-4,16-18,22,27H,2,5-15H2,(H,28,32)(H,29,34)(H,30,33,35). The molecule has 2 aliphatic heterocycles. The number of ether oxygens (including phenoxy) is 1. The molecule has 1 saturated heterocycles. The smallest absolute Gasteiger partial charge is 0.255 e. The highest BCUT2D eigenvalue weighted by molar-refractivity contribution is 6.06. The molecular formula is C26H35N5O6. The number of rotatable bonds is 12. The minimum atomic E-state index is -0.696. The molecule has 11 heteroatoms. The molecule has 3 aliphatic rings. The first-order valence-corrected chi connectivity index (χ1v) is 13.0. The number of carbonyl (C=O) groups is 5. The maximum Gasteiger partial charge on any atom is 0.255 e. The van der Waals surface area contributed by atoms with Gasteiger partial charge in [-0.1, -0.05) is 6.07 Å². The largest absolute Gasteiger partial charge is 0.381 e. The average Bonchev–Trinajstić information content (AvgIpc) is 3.22. The number of nitrogens with zero attached hydrogens (tertiary/aromatic N) is 1. The fraction of sp³-hybridized carbons (Fsp3) is 0.577. The summed E-state index contributed by atoms with van der Waals surface area (Å²) in [5.41, 5.74) is 1.68. The van der Waals surface area contributed by atoms with E-state index < -0.39 is 11.9 Å². The van der Waals surface area contributed by atoms with Gasteiger partial charge in [0.2, 0.25) is 24.1 Å². The molecule has 1 aromatic rings. The minimum absolute atomic E-state index is 0.190. The molecule has 4 rings (SSSR count). The van der Waals surface area contributed by atoms with Crippen molar-refractivity contribution in [2.45, 2.75) is 76.0 Å². The van der Waals surface area contributed by atoms with E-state index in [1.54, 1.807) is 18.2 Å². The average molecular weight is 514 g/mol. The van der Waals surface area contributed by atoms with E-state index in [1.165, 1.54) is 4.90 Å². The molecule has 0 radical (unpaired) electrons. The van der Waals surface area contributed by atoms with Crippen molar-refractivity contribution < 1.29 is 28.7 Å². The summed E-state index contributed by atoms with van der Waals surface area (Å²) >= 11 is 0. The highest BCUT2D eigenvalue weighted by Crippen LogP contribution is 2.32. The predicted octanol–water partition coefficient (Wildman–Crippen LogP) is 0.830. The molecule has 1 aliphatic carbocycles. The number of anilines is 1. The van der Waals surface area contributed by atoms with Crippen molar-refractivity contribution in [3.05, 3.63) is 29.3 Å². The van der Waals surface area contributed by atoms with Gasteiger partial charge in [-0.25, -0.2) is 0 Å². The van der Waals surface area contributed by atoms with E-state index in [0.717, 1.165) is 45.1 Å². The Bertz CT molecular complexity index is 1020. The molecule has 0 aromatic heterocycles. The molecule has 11 nitrogen and oxygen atoms in total. The summed E-state index contributed by atoms with van der Waals surface area (Å²) in [5.74, 6) is -1.28. The quantitative estimate of drug-likeness (QED) is 0.184. The predicted molar refractivity (Wildman–Crippen MR) is 134 cm³/mol. The molecular weight excluding hydrogens is 478 g/mol. The summed E-state index contributed by atoms with van der Waals surface area (Å²) in [6.07, 6.45) is 6.39. The number of hydrogen-bond acceptors (Lipinski definition) is 7. The van der Waals surface area contributed by atoms with Crippen LogP contribution in [0.4, 0.5) is 5.69 Å². The number of benzene rings is 1. The summed E-state index contributed by atoms with van der Waals surface area (Å²) in [6, 6.07) is 5.21. The van der Waals surface area contributed by atoms with Crippen LogP contribution in [0.5, 0.6) is 0 Å². The molecule has 1 unspecified atom stereocenters. The van der Waals surface area contributed by atoms with Crippen molar-refractivity contribution in [1.82, 2.24) is 20.9 Å². The summed E-state index contributed by atoms with van der Waals surface area (Å²) < 4.78 is 5.62. The third-order valence-corrected chi connectivity index (χ3v) is 7.26. The van der Waals surface area contributed by atoms with Crippen molar-refractivity contribution in [2.75, 3.05) is 25.1 Å². The number of piperidine rings is 1. The number of fused-ring (bicyclic) bond motifs is 1. The van der Waals surface area contributed by atoms with Crippen LogP contribution in [0.3, 0.4) is 0 Å². The van der Waals surface area contributed by atoms with Crippen LogP contribution in [-0.2, 0) is 30.5 Å². The maximum absolute atomic E-state index is 12.9. The van der Waals surface area contributed by atoms with Gasteiger partial charge in [0.15, 0.2) is 0 Å². The van der Waals surface area contributed by atoms with E-state index in [1.807, 2.05) is 0 Å². The number of nitrogens with one attached hydrogen (secondary N) is 4. The Morgan fingerprint density at radius 1 is 1.08 bits per heavy atom. The van der Waals surface area contributed by atoms with Gasteiger partial charge in [0.05, 0.1) is 13.0 Å². The van der Waals surface area contributed by atoms with Crippen LogP contribution in [0.25, 0.3) is 0 Å². The van der Waals surface area contributed by atoms with Gasteiger partial charge in [0.1, 0.15) is 6.04 Å². The fourth-order valence-electron chi connectivity index (χ4n) is 5.22. The lowest BCUT2D eigenvalue weighted by molar-refractivity contribution is -0.137. The Kier molecular flexibility index (Phi) is 9.24. The second-order valence-corrected chi connectivity index (χ2v) is 9.78. The van der Waals surface area contributed by atoms with Crippen LogP contribution < -0.4 is 21.3 Å². The molecule has 2 fully saturated rings. The first-order chi connectivity index (χ1) is 18.0. The van der Waals surface area contributed by atoms with E-state index in [0.29, 0.717) is 48.5 Å². The van der Waals surface area contributed by atoms with Gasteiger partial charge in [-0.3, -0.25) is 29.3 Å². The highest BCUT2D eigenvalue weighted by atomic mass is 16.5. The van der Waals surface area contributed by atoms with Gasteiger partial charge in [0.25, 0.3) is 5.91 Å². The van der Waals surface area contributed by atoms with Gasteiger partial charge < -0.3 is 25.6 Å². The SMILES string of the molecule is O=CNC1CCC(NCCCOCCC(=O)Nc2cccc3c2CN(C2CCC(=O)NC2=O)C3=O)CC1. The second kappa shape index (κ2) is 12.8. The monoisotopic (exact) mass is 513 g/mol. The van der Waals surface area contributed by atoms with Crippen LogP contribution in [0.2, 0.25) is 0 Å². The van der Waals surface area contributed by atoms with Crippen LogP contribution in [0, 0.1) is 0 Å². The van der Waals surface area contributed by atoms with Crippen molar-refractivity contribution in [2.24, 2.45) is 0 Å². The van der Waals surface area contributed by atoms with E-state index in [-0.39, 0.29) is 37.1 Å². The van der Waals surface area contributed by atoms with Crippen LogP contribution in [-0.4, -0.2) is 72.8 Å². The zero-order valence-corrected chi connectivity index (χ0v) is 20.9. The first kappa shape index (κ1) is 26.7. The third kappa shape index (κ3) is 6.92. The zero-order valence-electron chi connectivity index (χ0n) is 20.9. The molecule has 1 atom stereocenters. The Hall–Kier alpha value is -3.31. The van der Waals surface area contributed by atoms with Gasteiger partial charge in [-0.2, -0.15) is 0 Å². The lowest BCUT2D eigenvalue weighted by Gasteiger charge is -2.29. The number of imide groups is 1. The first-order valence-electron chi connectivity index (χ1n) is 13.0. The van der Waals surface area contributed by atoms with Crippen molar-refractivity contribution in [3.63, 3.8) is 0 Å². The summed E-state index contributed by atoms with van der Waals surface area (Å²) in [6.45, 7) is 1.90. The normalized spacial score (nSPS) is 23.4. The fourth-order valence-corrected chi connectivity index (χ4v) is 5.22. The molecule has 4 N–H and O–H groups in total. The molecule has 37 heavy (non-hydrogen) atoms. The summed E-state index contributed by atoms with van der Waals surface area (Å²) in [7, 11) is 0. The molecule has 1 saturated carbocycles. The van der Waals surface area contributed by atoms with Crippen molar-refractivity contribution >= 4 is 35.7 Å². The van der Waals surface area contributed by atoms with Gasteiger partial charge >= 0.3 is 0 Å². The van der Waals surface area contributed by atoms with Gasteiger partial charge in [-0.15, -0.1) is 0 Å². The lowest BCUT2D eigenvalue weighted by atomic mass is 9.91. The molecule has 5 amide bonds. The lowest BCUT2D eigenvalue weighted by Crippen LogP contribution is -2.52. The Morgan fingerprint density at radius 3 is 2.62 bits per heavy atom. The number of hydrogen-bond donors (Lipinski definition) is 4. The maximum atomic E-state index is 12.9. The Morgan fingerprint density at radius 2 is 1.86 bits per heavy atom. The van der Waals surface area contributed by atoms with Gasteiger partial charge in [0, 0.05) is 48.5 Å². The van der Waals surface area contributed by atoms with E-state index in [4.69, 9.17) is 4.74 Å². The van der Waals surface area contributed by atoms with Crippen LogP contribution in [0.1, 0.15) is 67.3 Å². The number of carbonyl (C=O) groups excluding carboxylic acids is 5. The highest BCUT2D eigenvalue weighted by Gasteiger charge is 2.39. The second-order valence-electron chi connectivity index (χ2n) is 9.78. The molecule has 2 heterocycles. The van der Waals surface area contributed by atoms with Crippen LogP contribution >= 0.6 is 0 Å². The molecule has 200 valence electrons. The van der Waals surface area contributed by atoms with E-state index >= 15 is 0 Å². The molecule has 1 aromatic carbocycles. The summed E-state index contributed by atoms with van der Waals surface area (Å²) in [5, 5.41) is 11.5. The Labute approximate surface area is 216 Å². The zero-order chi connectivity index (χ0) is 26.2. The minimum Gasteiger partial charge on any atom is -0.381 e. The number of amides is 5.